The van der Waals surface area contributed by atoms with Crippen molar-refractivity contribution in [2.45, 2.75) is 13.5 Å². The van der Waals surface area contributed by atoms with Crippen LogP contribution in [0.4, 0.5) is 0 Å². The molecule has 0 bridgehead atoms. The molecule has 0 spiro atoms. The van der Waals surface area contributed by atoms with Crippen LogP contribution >= 0.6 is 35.4 Å². The molecule has 0 radical (unpaired) electrons. The number of hydrogen-bond donors (Lipinski definition) is 3. The highest BCUT2D eigenvalue weighted by Crippen LogP contribution is 2.31. The topological polar surface area (TPSA) is 69.8 Å². The Balaban J connectivity index is 1.99. The Labute approximate surface area is 142 Å². The molecule has 22 heavy (non-hydrogen) atoms. The smallest absolute Gasteiger partial charge is 0.187 e. The second kappa shape index (κ2) is 7.49. The Kier molecular flexibility index (Phi) is 5.65. The number of hydrogen-bond acceptors (Lipinski definition) is 4. The molecule has 0 saturated heterocycles. The predicted octanol–water partition coefficient (Wildman–Crippen LogP) is 3.68. The summed E-state index contributed by atoms with van der Waals surface area (Å²) in [5, 5.41) is 17.8. The van der Waals surface area contributed by atoms with Crippen molar-refractivity contribution in [3.63, 3.8) is 0 Å². The van der Waals surface area contributed by atoms with E-state index in [0.717, 1.165) is 5.76 Å². The number of thiocarbonyl (C=S) groups is 1. The minimum atomic E-state index is -0.0800. The molecular weight excluding hydrogens is 345 g/mol. The zero-order valence-electron chi connectivity index (χ0n) is 11.6. The number of rotatable bonds is 4. The zero-order chi connectivity index (χ0) is 16.1. The second-order valence-corrected chi connectivity index (χ2v) is 5.61. The summed E-state index contributed by atoms with van der Waals surface area (Å²) in [6.07, 6.45) is 1.58. The number of phenols is 1. The summed E-state index contributed by atoms with van der Waals surface area (Å²) >= 11 is 16.9. The van der Waals surface area contributed by atoms with E-state index in [1.54, 1.807) is 25.3 Å². The largest absolute Gasteiger partial charge is 0.506 e. The van der Waals surface area contributed by atoms with Crippen LogP contribution < -0.4 is 10.7 Å². The molecule has 0 aliphatic rings. The fourth-order valence-electron chi connectivity index (χ4n) is 1.66. The van der Waals surface area contributed by atoms with Gasteiger partial charge in [-0.05, 0) is 43.4 Å². The second-order valence-electron chi connectivity index (χ2n) is 4.35. The maximum absolute atomic E-state index is 9.93. The summed E-state index contributed by atoms with van der Waals surface area (Å²) in [6, 6.07) is 6.65. The highest BCUT2D eigenvalue weighted by Gasteiger charge is 2.10. The van der Waals surface area contributed by atoms with Crippen molar-refractivity contribution in [3.8, 4) is 5.75 Å². The maximum Gasteiger partial charge on any atom is 0.187 e. The van der Waals surface area contributed by atoms with E-state index >= 15 is 0 Å². The van der Waals surface area contributed by atoms with Crippen molar-refractivity contribution < 1.29 is 9.52 Å². The summed E-state index contributed by atoms with van der Waals surface area (Å²) in [5.74, 6) is 0.674. The van der Waals surface area contributed by atoms with Gasteiger partial charge in [0.1, 0.15) is 11.5 Å². The van der Waals surface area contributed by atoms with E-state index in [1.807, 2.05) is 6.07 Å². The molecule has 0 saturated carbocycles. The summed E-state index contributed by atoms with van der Waals surface area (Å²) in [5.41, 5.74) is 3.60. The van der Waals surface area contributed by atoms with E-state index in [1.165, 1.54) is 6.07 Å². The average molecular weight is 358 g/mol. The Morgan fingerprint density at radius 1 is 1.41 bits per heavy atom. The van der Waals surface area contributed by atoms with Crippen molar-refractivity contribution in [2.24, 2.45) is 5.10 Å². The van der Waals surface area contributed by atoms with Crippen LogP contribution in [0.5, 0.6) is 5.75 Å². The van der Waals surface area contributed by atoms with Gasteiger partial charge in [0.25, 0.3) is 0 Å². The number of aromatic hydroxyl groups is 1. The highest BCUT2D eigenvalue weighted by atomic mass is 35.5. The van der Waals surface area contributed by atoms with Gasteiger partial charge in [0.15, 0.2) is 5.11 Å². The van der Waals surface area contributed by atoms with Gasteiger partial charge in [0, 0.05) is 10.6 Å². The van der Waals surface area contributed by atoms with Gasteiger partial charge in [-0.1, -0.05) is 23.2 Å². The number of halogens is 2. The van der Waals surface area contributed by atoms with Crippen LogP contribution in [-0.4, -0.2) is 15.9 Å². The molecule has 0 aliphatic carbocycles. The molecule has 0 atom stereocenters. The summed E-state index contributed by atoms with van der Waals surface area (Å²) < 4.78 is 5.17. The Hall–Kier alpha value is -1.76. The molecule has 3 N–H and O–H groups in total. The van der Waals surface area contributed by atoms with Gasteiger partial charge in [-0.25, -0.2) is 0 Å². The number of nitrogens with zero attached hydrogens (tertiary/aromatic N) is 1. The molecule has 0 fully saturated rings. The van der Waals surface area contributed by atoms with Crippen LogP contribution in [0.3, 0.4) is 0 Å². The molecule has 0 unspecified atom stereocenters. The molecule has 1 heterocycles. The average Bonchev–Trinajstić information content (AvgIpc) is 2.99. The van der Waals surface area contributed by atoms with Gasteiger partial charge in [0.05, 0.1) is 23.5 Å². The molecular formula is C14H13Cl2N3O2S. The van der Waals surface area contributed by atoms with Gasteiger partial charge < -0.3 is 14.8 Å². The van der Waals surface area contributed by atoms with Gasteiger partial charge >= 0.3 is 0 Å². The van der Waals surface area contributed by atoms with E-state index in [4.69, 9.17) is 39.8 Å². The quantitative estimate of drug-likeness (QED) is 0.442. The van der Waals surface area contributed by atoms with E-state index in [2.05, 4.69) is 15.8 Å². The highest BCUT2D eigenvalue weighted by molar-refractivity contribution is 7.80. The molecule has 1 aromatic heterocycles. The SMILES string of the molecule is CC(=NNC(=S)NCc1ccco1)c1cc(Cl)cc(Cl)c1O. The van der Waals surface area contributed by atoms with E-state index in [0.29, 0.717) is 28.0 Å². The fraction of sp³-hybridized carbons (Fsp3) is 0.143. The number of hydrazone groups is 1. The molecule has 8 heteroatoms. The van der Waals surface area contributed by atoms with Gasteiger partial charge in [0.2, 0.25) is 0 Å². The van der Waals surface area contributed by atoms with Crippen LogP contribution in [0, 0.1) is 0 Å². The molecule has 2 rings (SSSR count). The lowest BCUT2D eigenvalue weighted by atomic mass is 10.1. The van der Waals surface area contributed by atoms with Crippen LogP contribution in [-0.2, 0) is 6.54 Å². The van der Waals surface area contributed by atoms with Crippen molar-refractivity contribution in [1.29, 1.82) is 0 Å². The normalized spacial score (nSPS) is 11.3. The Morgan fingerprint density at radius 3 is 2.86 bits per heavy atom. The monoisotopic (exact) mass is 357 g/mol. The van der Waals surface area contributed by atoms with Gasteiger partial charge in [-0.3, -0.25) is 5.43 Å². The summed E-state index contributed by atoms with van der Waals surface area (Å²) in [6.45, 7) is 2.14. The minimum Gasteiger partial charge on any atom is -0.506 e. The van der Waals surface area contributed by atoms with Crippen LogP contribution in [0.1, 0.15) is 18.2 Å². The van der Waals surface area contributed by atoms with Gasteiger partial charge in [-0.15, -0.1) is 0 Å². The zero-order valence-corrected chi connectivity index (χ0v) is 13.9. The van der Waals surface area contributed by atoms with E-state index in [-0.39, 0.29) is 10.8 Å². The molecule has 5 nitrogen and oxygen atoms in total. The molecule has 2 aromatic rings. The van der Waals surface area contributed by atoms with Gasteiger partial charge in [-0.2, -0.15) is 5.10 Å². The van der Waals surface area contributed by atoms with Crippen LogP contribution in [0.15, 0.2) is 40.0 Å². The Bertz CT molecular complexity index is 702. The van der Waals surface area contributed by atoms with Crippen LogP contribution in [0.25, 0.3) is 0 Å². The number of nitrogens with one attached hydrogen (secondary N) is 2. The van der Waals surface area contributed by atoms with Crippen molar-refractivity contribution >= 4 is 46.2 Å². The van der Waals surface area contributed by atoms with Crippen molar-refractivity contribution in [1.82, 2.24) is 10.7 Å². The number of furan rings is 1. The third kappa shape index (κ3) is 4.37. The third-order valence-corrected chi connectivity index (χ3v) is 3.49. The first-order valence-corrected chi connectivity index (χ1v) is 7.42. The summed E-state index contributed by atoms with van der Waals surface area (Å²) in [4.78, 5) is 0. The lowest BCUT2D eigenvalue weighted by Crippen LogP contribution is -2.32. The summed E-state index contributed by atoms with van der Waals surface area (Å²) in [7, 11) is 0. The first-order chi connectivity index (χ1) is 10.5. The first-order valence-electron chi connectivity index (χ1n) is 6.26. The standard InChI is InChI=1S/C14H13Cl2N3O2S/c1-8(11-5-9(15)6-12(16)13(11)20)18-19-14(22)17-7-10-3-2-4-21-10/h2-6,20H,7H2,1H3,(H2,17,19,22). The third-order valence-electron chi connectivity index (χ3n) is 2.75. The van der Waals surface area contributed by atoms with Crippen molar-refractivity contribution in [2.75, 3.05) is 0 Å². The van der Waals surface area contributed by atoms with Crippen LogP contribution in [0.2, 0.25) is 10.0 Å². The maximum atomic E-state index is 9.93. The lowest BCUT2D eigenvalue weighted by molar-refractivity contribution is 0.474. The van der Waals surface area contributed by atoms with E-state index < -0.39 is 0 Å². The van der Waals surface area contributed by atoms with Crippen molar-refractivity contribution in [3.05, 3.63) is 51.9 Å². The molecule has 116 valence electrons. The predicted molar refractivity (Wildman–Crippen MR) is 91.6 cm³/mol. The molecule has 0 aliphatic heterocycles. The number of phenolic OH excluding ortho intramolecular Hbond substituents is 1. The lowest BCUT2D eigenvalue weighted by Gasteiger charge is -2.09. The van der Waals surface area contributed by atoms with E-state index in [9.17, 15) is 5.11 Å². The minimum absolute atomic E-state index is 0.0800. The Morgan fingerprint density at radius 2 is 2.18 bits per heavy atom. The first kappa shape index (κ1) is 16.6. The fourth-order valence-corrected chi connectivity index (χ4v) is 2.27. The molecule has 0 amide bonds. The number of benzene rings is 1. The molecule has 1 aromatic carbocycles.